The number of nitrogens with two attached hydrogens (primary N) is 1. The summed E-state index contributed by atoms with van der Waals surface area (Å²) in [6.45, 7) is 2.05. The predicted octanol–water partition coefficient (Wildman–Crippen LogP) is 1.37. The molecule has 1 fully saturated rings. The summed E-state index contributed by atoms with van der Waals surface area (Å²) in [4.78, 5) is 22.9. The number of aryl methyl sites for hydroxylation is 1. The van der Waals surface area contributed by atoms with E-state index in [1.807, 2.05) is 0 Å². The third-order valence-corrected chi connectivity index (χ3v) is 3.45. The summed E-state index contributed by atoms with van der Waals surface area (Å²) in [5.41, 5.74) is 6.50. The quantitative estimate of drug-likeness (QED) is 0.750. The van der Waals surface area contributed by atoms with Crippen LogP contribution in [0.3, 0.4) is 0 Å². The first kappa shape index (κ1) is 12.6. The summed E-state index contributed by atoms with van der Waals surface area (Å²) < 4.78 is 0. The maximum absolute atomic E-state index is 12.0. The topological polar surface area (TPSA) is 92.4 Å². The van der Waals surface area contributed by atoms with E-state index in [-0.39, 0.29) is 11.5 Å². The van der Waals surface area contributed by atoms with E-state index in [1.165, 1.54) is 6.07 Å². The van der Waals surface area contributed by atoms with E-state index in [2.05, 4.69) is 5.32 Å². The molecular weight excluding hydrogens is 232 g/mol. The lowest BCUT2D eigenvalue weighted by atomic mass is 10.1. The Morgan fingerprint density at radius 2 is 2.11 bits per heavy atom. The van der Waals surface area contributed by atoms with E-state index in [1.54, 1.807) is 19.1 Å². The largest absolute Gasteiger partial charge is 0.478 e. The number of carbonyl (C=O) groups excluding carboxylic acids is 1. The van der Waals surface area contributed by atoms with E-state index in [0.29, 0.717) is 17.8 Å². The van der Waals surface area contributed by atoms with Crippen LogP contribution in [0.4, 0.5) is 5.69 Å². The number of anilines is 1. The van der Waals surface area contributed by atoms with Crippen LogP contribution in [0.25, 0.3) is 0 Å². The molecule has 0 atom stereocenters. The zero-order chi connectivity index (χ0) is 13.3. The average molecular weight is 248 g/mol. The molecule has 1 aromatic rings. The fourth-order valence-electron chi connectivity index (χ4n) is 1.87. The molecule has 1 saturated carbocycles. The van der Waals surface area contributed by atoms with Gasteiger partial charge in [0, 0.05) is 12.2 Å². The summed E-state index contributed by atoms with van der Waals surface area (Å²) >= 11 is 0. The smallest absolute Gasteiger partial charge is 0.336 e. The van der Waals surface area contributed by atoms with Crippen molar-refractivity contribution in [3.8, 4) is 0 Å². The molecule has 0 aromatic heterocycles. The fraction of sp³-hybridized carbons (Fsp3) is 0.385. The van der Waals surface area contributed by atoms with Crippen LogP contribution in [0, 0.1) is 12.3 Å². The fourth-order valence-corrected chi connectivity index (χ4v) is 1.87. The van der Waals surface area contributed by atoms with Crippen molar-refractivity contribution < 1.29 is 14.7 Å². The van der Waals surface area contributed by atoms with Crippen LogP contribution >= 0.6 is 0 Å². The Bertz CT molecular complexity index is 507. The number of carboxylic acid groups (broad SMARTS) is 1. The van der Waals surface area contributed by atoms with Crippen molar-refractivity contribution in [1.82, 2.24) is 0 Å². The van der Waals surface area contributed by atoms with E-state index < -0.39 is 11.4 Å². The number of hydrogen-bond acceptors (Lipinski definition) is 3. The van der Waals surface area contributed by atoms with Gasteiger partial charge in [0.2, 0.25) is 5.91 Å². The van der Waals surface area contributed by atoms with Crippen molar-refractivity contribution in [3.63, 3.8) is 0 Å². The third kappa shape index (κ3) is 2.22. The molecule has 0 aliphatic heterocycles. The molecular formula is C13H16N2O3. The Balaban J connectivity index is 2.17. The van der Waals surface area contributed by atoms with Gasteiger partial charge >= 0.3 is 5.97 Å². The van der Waals surface area contributed by atoms with Crippen LogP contribution in [0.1, 0.15) is 28.8 Å². The number of carboxylic acids is 1. The minimum Gasteiger partial charge on any atom is -0.478 e. The Labute approximate surface area is 105 Å². The highest BCUT2D eigenvalue weighted by molar-refractivity contribution is 5.99. The molecule has 18 heavy (non-hydrogen) atoms. The maximum atomic E-state index is 12.0. The van der Waals surface area contributed by atoms with Gasteiger partial charge in [-0.1, -0.05) is 6.07 Å². The molecule has 5 nitrogen and oxygen atoms in total. The van der Waals surface area contributed by atoms with Crippen molar-refractivity contribution in [2.75, 3.05) is 11.9 Å². The highest BCUT2D eigenvalue weighted by Gasteiger charge is 2.48. The van der Waals surface area contributed by atoms with Gasteiger partial charge in [-0.05, 0) is 37.5 Å². The first-order valence-corrected chi connectivity index (χ1v) is 5.84. The molecule has 96 valence electrons. The standard InChI is InChI=1S/C13H16N2O3/c1-8-2-3-9(6-10(8)11(16)17)15-12(18)13(7-14)4-5-13/h2-3,6H,4-5,7,14H2,1H3,(H,15,18)(H,16,17). The molecule has 2 rings (SSSR count). The van der Waals surface area contributed by atoms with E-state index >= 15 is 0 Å². The highest BCUT2D eigenvalue weighted by atomic mass is 16.4. The van der Waals surface area contributed by atoms with Crippen LogP contribution in [0.15, 0.2) is 18.2 Å². The van der Waals surface area contributed by atoms with Crippen LogP contribution in [-0.4, -0.2) is 23.5 Å². The third-order valence-electron chi connectivity index (χ3n) is 3.45. The van der Waals surface area contributed by atoms with E-state index in [4.69, 9.17) is 10.8 Å². The zero-order valence-electron chi connectivity index (χ0n) is 10.2. The van der Waals surface area contributed by atoms with Gasteiger partial charge in [-0.2, -0.15) is 0 Å². The Morgan fingerprint density at radius 1 is 1.44 bits per heavy atom. The molecule has 0 bridgehead atoms. The summed E-state index contributed by atoms with van der Waals surface area (Å²) in [5.74, 6) is -1.12. The second-order valence-electron chi connectivity index (χ2n) is 4.77. The predicted molar refractivity (Wildman–Crippen MR) is 67.5 cm³/mol. The number of carbonyl (C=O) groups is 2. The highest BCUT2D eigenvalue weighted by Crippen LogP contribution is 2.45. The molecule has 1 aliphatic carbocycles. The van der Waals surface area contributed by atoms with Gasteiger partial charge in [0.15, 0.2) is 0 Å². The Hall–Kier alpha value is -1.88. The Morgan fingerprint density at radius 3 is 2.61 bits per heavy atom. The Kier molecular flexibility index (Phi) is 3.09. The molecule has 0 unspecified atom stereocenters. The van der Waals surface area contributed by atoms with Crippen LogP contribution < -0.4 is 11.1 Å². The molecule has 0 radical (unpaired) electrons. The molecule has 1 aliphatic rings. The summed E-state index contributed by atoms with van der Waals surface area (Å²) in [6.07, 6.45) is 1.60. The number of rotatable bonds is 4. The number of aromatic carboxylic acids is 1. The second-order valence-corrected chi connectivity index (χ2v) is 4.77. The normalized spacial score (nSPS) is 16.1. The first-order valence-electron chi connectivity index (χ1n) is 5.84. The number of nitrogens with one attached hydrogen (secondary N) is 1. The average Bonchev–Trinajstić information content (AvgIpc) is 3.12. The van der Waals surface area contributed by atoms with Gasteiger partial charge in [-0.25, -0.2) is 4.79 Å². The molecule has 4 N–H and O–H groups in total. The van der Waals surface area contributed by atoms with Crippen LogP contribution in [0.2, 0.25) is 0 Å². The minimum atomic E-state index is -0.997. The van der Waals surface area contributed by atoms with Gasteiger partial charge < -0.3 is 16.2 Å². The van der Waals surface area contributed by atoms with Crippen molar-refractivity contribution in [1.29, 1.82) is 0 Å². The summed E-state index contributed by atoms with van der Waals surface area (Å²) in [7, 11) is 0. The van der Waals surface area contributed by atoms with Gasteiger partial charge in [0.1, 0.15) is 0 Å². The molecule has 1 aromatic carbocycles. The molecule has 0 heterocycles. The van der Waals surface area contributed by atoms with E-state index in [9.17, 15) is 9.59 Å². The lowest BCUT2D eigenvalue weighted by molar-refractivity contribution is -0.120. The first-order chi connectivity index (χ1) is 8.48. The van der Waals surface area contributed by atoms with Gasteiger partial charge in [-0.15, -0.1) is 0 Å². The van der Waals surface area contributed by atoms with Gasteiger partial charge in [0.25, 0.3) is 0 Å². The number of benzene rings is 1. The zero-order valence-corrected chi connectivity index (χ0v) is 10.2. The van der Waals surface area contributed by atoms with Crippen molar-refractivity contribution in [3.05, 3.63) is 29.3 Å². The van der Waals surface area contributed by atoms with Crippen LogP contribution in [0.5, 0.6) is 0 Å². The van der Waals surface area contributed by atoms with Gasteiger partial charge in [0.05, 0.1) is 11.0 Å². The van der Waals surface area contributed by atoms with Crippen LogP contribution in [-0.2, 0) is 4.79 Å². The number of amides is 1. The molecule has 1 amide bonds. The number of hydrogen-bond donors (Lipinski definition) is 3. The summed E-state index contributed by atoms with van der Waals surface area (Å²) in [5, 5.41) is 11.7. The molecule has 5 heteroatoms. The molecule has 0 spiro atoms. The summed E-state index contributed by atoms with van der Waals surface area (Å²) in [6, 6.07) is 4.86. The maximum Gasteiger partial charge on any atom is 0.336 e. The molecule has 0 saturated heterocycles. The van der Waals surface area contributed by atoms with Gasteiger partial charge in [-0.3, -0.25) is 4.79 Å². The van der Waals surface area contributed by atoms with Crippen molar-refractivity contribution >= 4 is 17.6 Å². The second kappa shape index (κ2) is 4.42. The lowest BCUT2D eigenvalue weighted by Gasteiger charge is -2.13. The SMILES string of the molecule is Cc1ccc(NC(=O)C2(CN)CC2)cc1C(=O)O. The van der Waals surface area contributed by atoms with Crippen molar-refractivity contribution in [2.45, 2.75) is 19.8 Å². The minimum absolute atomic E-state index is 0.120. The lowest BCUT2D eigenvalue weighted by Crippen LogP contribution is -2.30. The van der Waals surface area contributed by atoms with E-state index in [0.717, 1.165) is 12.8 Å². The monoisotopic (exact) mass is 248 g/mol. The van der Waals surface area contributed by atoms with Crippen molar-refractivity contribution in [2.24, 2.45) is 11.1 Å².